The van der Waals surface area contributed by atoms with E-state index in [-0.39, 0.29) is 11.5 Å². The topological polar surface area (TPSA) is 67.2 Å². The molecular formula is C14H21BrN4O2. The van der Waals surface area contributed by atoms with Crippen LogP contribution in [0.1, 0.15) is 26.2 Å². The van der Waals surface area contributed by atoms with Gasteiger partial charge in [-0.15, -0.1) is 0 Å². The lowest BCUT2D eigenvalue weighted by Gasteiger charge is -2.25. The number of carbonyl (C=O) groups excluding carboxylic acids is 1. The zero-order valence-corrected chi connectivity index (χ0v) is 14.2. The first-order valence-corrected chi connectivity index (χ1v) is 7.92. The zero-order chi connectivity index (χ0) is 15.6. The summed E-state index contributed by atoms with van der Waals surface area (Å²) in [6, 6.07) is -0.469. The van der Waals surface area contributed by atoms with Gasteiger partial charge in [0.25, 0.3) is 5.56 Å². The molecule has 1 aromatic heterocycles. The molecule has 1 aliphatic rings. The van der Waals surface area contributed by atoms with Gasteiger partial charge in [0.05, 0.1) is 10.7 Å². The highest BCUT2D eigenvalue weighted by Gasteiger charge is 2.22. The fourth-order valence-electron chi connectivity index (χ4n) is 2.31. The lowest BCUT2D eigenvalue weighted by atomic mass is 9.85. The van der Waals surface area contributed by atoms with Crippen LogP contribution in [0.2, 0.25) is 0 Å². The van der Waals surface area contributed by atoms with E-state index in [0.717, 1.165) is 12.8 Å². The third-order valence-electron chi connectivity index (χ3n) is 3.83. The zero-order valence-electron chi connectivity index (χ0n) is 12.6. The van der Waals surface area contributed by atoms with Crippen molar-refractivity contribution in [2.24, 2.45) is 5.92 Å². The standard InChI is InChI=1S/C14H21BrN4O2/c1-9(13(20)18(2)3)17-12-11(15)7-16-19(14(12)21)8-10-5-4-6-10/h7,9-10,17H,4-6,8H2,1-3H3. The Hall–Kier alpha value is -1.37. The van der Waals surface area contributed by atoms with Gasteiger partial charge in [-0.3, -0.25) is 9.59 Å². The third-order valence-corrected chi connectivity index (χ3v) is 4.43. The Morgan fingerprint density at radius 1 is 1.57 bits per heavy atom. The van der Waals surface area contributed by atoms with Crippen LogP contribution < -0.4 is 10.9 Å². The molecule has 1 aliphatic carbocycles. The number of carbonyl (C=O) groups is 1. The molecule has 1 N–H and O–H groups in total. The molecule has 0 aliphatic heterocycles. The summed E-state index contributed by atoms with van der Waals surface area (Å²) < 4.78 is 2.07. The van der Waals surface area contributed by atoms with Crippen LogP contribution in [0.5, 0.6) is 0 Å². The number of nitrogens with one attached hydrogen (secondary N) is 1. The summed E-state index contributed by atoms with van der Waals surface area (Å²) in [6.45, 7) is 2.39. The van der Waals surface area contributed by atoms with Gasteiger partial charge in [0, 0.05) is 20.6 Å². The van der Waals surface area contributed by atoms with Gasteiger partial charge >= 0.3 is 0 Å². The van der Waals surface area contributed by atoms with Crippen molar-refractivity contribution in [2.45, 2.75) is 38.8 Å². The van der Waals surface area contributed by atoms with Crippen molar-refractivity contribution in [3.8, 4) is 0 Å². The minimum atomic E-state index is -0.469. The molecule has 1 saturated carbocycles. The van der Waals surface area contributed by atoms with Crippen LogP contribution in [-0.2, 0) is 11.3 Å². The van der Waals surface area contributed by atoms with Gasteiger partial charge in [0.2, 0.25) is 5.91 Å². The minimum Gasteiger partial charge on any atom is -0.368 e. The average Bonchev–Trinajstić information content (AvgIpc) is 2.39. The highest BCUT2D eigenvalue weighted by Crippen LogP contribution is 2.27. The summed E-state index contributed by atoms with van der Waals surface area (Å²) in [6.07, 6.45) is 5.15. The smallest absolute Gasteiger partial charge is 0.291 e. The van der Waals surface area contributed by atoms with Crippen molar-refractivity contribution in [3.63, 3.8) is 0 Å². The molecule has 7 heteroatoms. The van der Waals surface area contributed by atoms with Crippen molar-refractivity contribution in [1.82, 2.24) is 14.7 Å². The summed E-state index contributed by atoms with van der Waals surface area (Å²) in [5.74, 6) is 0.466. The maximum Gasteiger partial charge on any atom is 0.291 e. The lowest BCUT2D eigenvalue weighted by molar-refractivity contribution is -0.129. The molecule has 1 unspecified atom stereocenters. The van der Waals surface area contributed by atoms with E-state index in [0.29, 0.717) is 22.6 Å². The average molecular weight is 357 g/mol. The van der Waals surface area contributed by atoms with E-state index in [2.05, 4.69) is 26.3 Å². The lowest BCUT2D eigenvalue weighted by Crippen LogP contribution is -2.39. The number of nitrogens with zero attached hydrogens (tertiary/aromatic N) is 3. The number of likely N-dealkylation sites (N-methyl/N-ethyl adjacent to an activating group) is 1. The van der Waals surface area contributed by atoms with Crippen molar-refractivity contribution >= 4 is 27.5 Å². The first-order valence-electron chi connectivity index (χ1n) is 7.13. The van der Waals surface area contributed by atoms with Crippen molar-refractivity contribution in [2.75, 3.05) is 19.4 Å². The Kier molecular flexibility index (Phi) is 5.03. The molecule has 0 aromatic carbocycles. The molecule has 1 amide bonds. The van der Waals surface area contributed by atoms with Gasteiger partial charge < -0.3 is 10.2 Å². The highest BCUT2D eigenvalue weighted by molar-refractivity contribution is 9.10. The summed E-state index contributed by atoms with van der Waals surface area (Å²) >= 11 is 3.33. The Balaban J connectivity index is 2.19. The summed E-state index contributed by atoms with van der Waals surface area (Å²) in [4.78, 5) is 25.9. The van der Waals surface area contributed by atoms with Gasteiger partial charge in [0.15, 0.2) is 0 Å². The molecule has 1 heterocycles. The monoisotopic (exact) mass is 356 g/mol. The molecule has 21 heavy (non-hydrogen) atoms. The molecule has 1 atom stereocenters. The molecule has 2 rings (SSSR count). The van der Waals surface area contributed by atoms with Gasteiger partial charge in [-0.2, -0.15) is 5.10 Å². The number of hydrogen-bond acceptors (Lipinski definition) is 4. The largest absolute Gasteiger partial charge is 0.368 e. The molecule has 1 aromatic rings. The first-order chi connectivity index (χ1) is 9.90. The maximum atomic E-state index is 12.5. The predicted octanol–water partition coefficient (Wildman–Crippen LogP) is 1.69. The second kappa shape index (κ2) is 6.60. The number of amides is 1. The second-order valence-corrected chi connectivity index (χ2v) is 6.60. The Bertz CT molecular complexity index is 581. The number of anilines is 1. The molecule has 0 spiro atoms. The van der Waals surface area contributed by atoms with E-state index >= 15 is 0 Å². The molecule has 0 radical (unpaired) electrons. The van der Waals surface area contributed by atoms with Crippen LogP contribution in [0.4, 0.5) is 5.69 Å². The van der Waals surface area contributed by atoms with Gasteiger partial charge in [-0.1, -0.05) is 6.42 Å². The van der Waals surface area contributed by atoms with E-state index in [4.69, 9.17) is 0 Å². The minimum absolute atomic E-state index is 0.0799. The fraction of sp³-hybridized carbons (Fsp3) is 0.643. The summed E-state index contributed by atoms with van der Waals surface area (Å²) in [7, 11) is 3.38. The van der Waals surface area contributed by atoms with Gasteiger partial charge in [0.1, 0.15) is 11.7 Å². The van der Waals surface area contributed by atoms with Crippen molar-refractivity contribution in [1.29, 1.82) is 0 Å². The van der Waals surface area contributed by atoms with Crippen LogP contribution in [-0.4, -0.2) is 40.7 Å². The molecule has 6 nitrogen and oxygen atoms in total. The van der Waals surface area contributed by atoms with Crippen LogP contribution in [0.25, 0.3) is 0 Å². The van der Waals surface area contributed by atoms with Crippen molar-refractivity contribution < 1.29 is 4.79 Å². The number of rotatable bonds is 5. The molecule has 1 fully saturated rings. The molecule has 116 valence electrons. The maximum absolute atomic E-state index is 12.5. The third kappa shape index (κ3) is 3.64. The number of hydrogen-bond donors (Lipinski definition) is 1. The van der Waals surface area contributed by atoms with E-state index in [1.165, 1.54) is 16.0 Å². The van der Waals surface area contributed by atoms with Gasteiger partial charge in [-0.05, 0) is 41.6 Å². The SMILES string of the molecule is CC(Nc1c(Br)cnn(CC2CCC2)c1=O)C(=O)N(C)C. The van der Waals surface area contributed by atoms with E-state index in [1.54, 1.807) is 27.2 Å². The van der Waals surface area contributed by atoms with E-state index in [9.17, 15) is 9.59 Å². The van der Waals surface area contributed by atoms with Crippen LogP contribution in [0, 0.1) is 5.92 Å². The molecule has 0 saturated heterocycles. The Morgan fingerprint density at radius 2 is 2.24 bits per heavy atom. The Labute approximate surface area is 132 Å². The predicted molar refractivity (Wildman–Crippen MR) is 85.3 cm³/mol. The normalized spacial score (nSPS) is 16.2. The summed E-state index contributed by atoms with van der Waals surface area (Å²) in [5, 5.41) is 7.17. The molecule has 0 bridgehead atoms. The highest BCUT2D eigenvalue weighted by atomic mass is 79.9. The summed E-state index contributed by atoms with van der Waals surface area (Å²) in [5.41, 5.74) is 0.210. The van der Waals surface area contributed by atoms with Crippen molar-refractivity contribution in [3.05, 3.63) is 21.0 Å². The number of halogens is 1. The second-order valence-electron chi connectivity index (χ2n) is 5.75. The quantitative estimate of drug-likeness (QED) is 0.871. The fourth-order valence-corrected chi connectivity index (χ4v) is 2.69. The first kappa shape index (κ1) is 16.0. The molecular weight excluding hydrogens is 336 g/mol. The van der Waals surface area contributed by atoms with E-state index in [1.807, 2.05) is 0 Å². The Morgan fingerprint density at radius 3 is 2.76 bits per heavy atom. The van der Waals surface area contributed by atoms with Crippen LogP contribution in [0.3, 0.4) is 0 Å². The van der Waals surface area contributed by atoms with E-state index < -0.39 is 6.04 Å². The van der Waals surface area contributed by atoms with Gasteiger partial charge in [-0.25, -0.2) is 4.68 Å². The van der Waals surface area contributed by atoms with Crippen LogP contribution >= 0.6 is 15.9 Å². The van der Waals surface area contributed by atoms with Crippen LogP contribution in [0.15, 0.2) is 15.5 Å². The number of aromatic nitrogens is 2.